The number of amides is 1. The Balaban J connectivity index is 5.26. The van der Waals surface area contributed by atoms with E-state index in [1.807, 2.05) is 0 Å². The van der Waals surface area contributed by atoms with Crippen molar-refractivity contribution in [3.63, 3.8) is 0 Å². The van der Waals surface area contributed by atoms with Crippen LogP contribution >= 0.6 is 0 Å². The maximum absolute atomic E-state index is 10.8. The molecule has 0 saturated carbocycles. The van der Waals surface area contributed by atoms with E-state index in [1.165, 1.54) is 0 Å². The van der Waals surface area contributed by atoms with Crippen LogP contribution in [0.1, 0.15) is 12.8 Å². The fourth-order valence-electron chi connectivity index (χ4n) is 1.01. The normalized spacial score (nSPS) is 10.7. The minimum atomic E-state index is -2.60. The van der Waals surface area contributed by atoms with E-state index in [0.29, 0.717) is 0 Å². The van der Waals surface area contributed by atoms with Crippen molar-refractivity contribution >= 4 is 23.8 Å². The number of carbonyl (C=O) groups is 4. The molecular weight excluding hydrogens is 210 g/mol. The smallest absolute Gasteiger partial charge is 0.320 e. The minimum Gasteiger partial charge on any atom is -0.481 e. The van der Waals surface area contributed by atoms with Gasteiger partial charge >= 0.3 is 17.9 Å². The second-order valence-electron chi connectivity index (χ2n) is 2.89. The van der Waals surface area contributed by atoms with Gasteiger partial charge in [-0.25, -0.2) is 0 Å². The van der Waals surface area contributed by atoms with Crippen molar-refractivity contribution in [3.05, 3.63) is 0 Å². The van der Waals surface area contributed by atoms with Crippen molar-refractivity contribution < 1.29 is 34.5 Å². The molecule has 84 valence electrons. The quantitative estimate of drug-likeness (QED) is 0.395. The van der Waals surface area contributed by atoms with Gasteiger partial charge in [-0.3, -0.25) is 19.2 Å². The van der Waals surface area contributed by atoms with Crippen LogP contribution in [-0.2, 0) is 19.2 Å². The zero-order valence-electron chi connectivity index (χ0n) is 7.47. The number of carboxylic acid groups (broad SMARTS) is 3. The van der Waals surface area contributed by atoms with Crippen LogP contribution in [0, 0.1) is 5.41 Å². The Morgan fingerprint density at radius 2 is 1.27 bits per heavy atom. The molecule has 15 heavy (non-hydrogen) atoms. The van der Waals surface area contributed by atoms with Gasteiger partial charge in [0.25, 0.3) is 0 Å². The number of carbonyl (C=O) groups excluding carboxylic acids is 1. The predicted molar refractivity (Wildman–Crippen MR) is 43.8 cm³/mol. The number of carboxylic acids is 3. The molecule has 0 bridgehead atoms. The SMILES string of the molecule is NC(=O)C(CC(=O)O)(CC(=O)O)C(=O)O. The summed E-state index contributed by atoms with van der Waals surface area (Å²) >= 11 is 0. The number of hydrogen-bond acceptors (Lipinski definition) is 4. The summed E-state index contributed by atoms with van der Waals surface area (Å²) in [7, 11) is 0. The van der Waals surface area contributed by atoms with E-state index in [9.17, 15) is 19.2 Å². The molecule has 0 aromatic rings. The molecule has 0 aliphatic carbocycles. The topological polar surface area (TPSA) is 155 Å². The van der Waals surface area contributed by atoms with Crippen molar-refractivity contribution in [3.8, 4) is 0 Å². The van der Waals surface area contributed by atoms with Gasteiger partial charge in [0.05, 0.1) is 12.8 Å². The summed E-state index contributed by atoms with van der Waals surface area (Å²) in [4.78, 5) is 42.2. The van der Waals surface area contributed by atoms with Gasteiger partial charge in [0.1, 0.15) is 0 Å². The average molecular weight is 219 g/mol. The van der Waals surface area contributed by atoms with Crippen molar-refractivity contribution in [2.75, 3.05) is 0 Å². The van der Waals surface area contributed by atoms with E-state index >= 15 is 0 Å². The van der Waals surface area contributed by atoms with Crippen LogP contribution in [0.15, 0.2) is 0 Å². The molecule has 0 aromatic carbocycles. The number of nitrogens with two attached hydrogens (primary N) is 1. The fourth-order valence-corrected chi connectivity index (χ4v) is 1.01. The number of primary amides is 1. The van der Waals surface area contributed by atoms with Crippen LogP contribution in [0.4, 0.5) is 0 Å². The molecule has 0 fully saturated rings. The Morgan fingerprint density at radius 3 is 1.40 bits per heavy atom. The van der Waals surface area contributed by atoms with E-state index < -0.39 is 42.1 Å². The first-order valence-electron chi connectivity index (χ1n) is 3.69. The average Bonchev–Trinajstić information content (AvgIpc) is 1.99. The third kappa shape index (κ3) is 2.93. The van der Waals surface area contributed by atoms with Gasteiger partial charge in [0.15, 0.2) is 5.41 Å². The molecule has 8 nitrogen and oxygen atoms in total. The maximum atomic E-state index is 10.8. The molecule has 0 aromatic heterocycles. The summed E-state index contributed by atoms with van der Waals surface area (Å²) < 4.78 is 0. The molecule has 0 heterocycles. The summed E-state index contributed by atoms with van der Waals surface area (Å²) in [6, 6.07) is 0. The lowest BCUT2D eigenvalue weighted by Gasteiger charge is -2.21. The number of aliphatic carboxylic acids is 3. The van der Waals surface area contributed by atoms with E-state index in [0.717, 1.165) is 0 Å². The molecular formula is C7H9NO7. The Kier molecular flexibility index (Phi) is 3.78. The Morgan fingerprint density at radius 1 is 0.933 bits per heavy atom. The van der Waals surface area contributed by atoms with Crippen molar-refractivity contribution in [1.29, 1.82) is 0 Å². The standard InChI is InChI=1S/C7H9NO7/c8-5(13)7(6(14)15,1-3(9)10)2-4(11)12/h1-2H2,(H2,8,13)(H,9,10)(H,11,12)(H,14,15). The first kappa shape index (κ1) is 12.9. The molecule has 1 amide bonds. The Bertz CT molecular complexity index is 289. The van der Waals surface area contributed by atoms with Gasteiger partial charge in [-0.15, -0.1) is 0 Å². The van der Waals surface area contributed by atoms with E-state index in [4.69, 9.17) is 21.1 Å². The first-order chi connectivity index (χ1) is 6.72. The van der Waals surface area contributed by atoms with E-state index in [2.05, 4.69) is 0 Å². The third-order valence-electron chi connectivity index (χ3n) is 1.79. The molecule has 0 spiro atoms. The van der Waals surface area contributed by atoms with Crippen LogP contribution in [0.25, 0.3) is 0 Å². The fraction of sp³-hybridized carbons (Fsp3) is 0.429. The predicted octanol–water partition coefficient (Wildman–Crippen LogP) is -1.51. The van der Waals surface area contributed by atoms with Crippen LogP contribution in [0.2, 0.25) is 0 Å². The molecule has 0 saturated heterocycles. The Labute approximate surface area is 83.3 Å². The second kappa shape index (κ2) is 4.40. The molecule has 8 heteroatoms. The lowest BCUT2D eigenvalue weighted by atomic mass is 9.80. The highest BCUT2D eigenvalue weighted by Gasteiger charge is 2.48. The van der Waals surface area contributed by atoms with Crippen molar-refractivity contribution in [1.82, 2.24) is 0 Å². The summed E-state index contributed by atoms with van der Waals surface area (Å²) in [6.07, 6.45) is -2.33. The van der Waals surface area contributed by atoms with Gasteiger partial charge in [0.2, 0.25) is 5.91 Å². The van der Waals surface area contributed by atoms with Gasteiger partial charge < -0.3 is 21.1 Å². The second-order valence-corrected chi connectivity index (χ2v) is 2.89. The first-order valence-corrected chi connectivity index (χ1v) is 3.69. The number of hydrogen-bond donors (Lipinski definition) is 4. The molecule has 0 aliphatic heterocycles. The van der Waals surface area contributed by atoms with Crippen LogP contribution in [-0.4, -0.2) is 39.1 Å². The van der Waals surface area contributed by atoms with Crippen molar-refractivity contribution in [2.45, 2.75) is 12.8 Å². The lowest BCUT2D eigenvalue weighted by molar-refractivity contribution is -0.165. The highest BCUT2D eigenvalue weighted by molar-refractivity contribution is 6.06. The van der Waals surface area contributed by atoms with E-state index in [-0.39, 0.29) is 0 Å². The summed E-state index contributed by atoms with van der Waals surface area (Å²) in [6.45, 7) is 0. The van der Waals surface area contributed by atoms with Gasteiger partial charge in [-0.05, 0) is 0 Å². The summed E-state index contributed by atoms with van der Waals surface area (Å²) in [5, 5.41) is 25.5. The van der Waals surface area contributed by atoms with Gasteiger partial charge in [0, 0.05) is 0 Å². The third-order valence-corrected chi connectivity index (χ3v) is 1.79. The van der Waals surface area contributed by atoms with Crippen molar-refractivity contribution in [2.24, 2.45) is 11.1 Å². The highest BCUT2D eigenvalue weighted by atomic mass is 16.4. The van der Waals surface area contributed by atoms with E-state index in [1.54, 1.807) is 0 Å². The maximum Gasteiger partial charge on any atom is 0.320 e. The number of rotatable bonds is 6. The Hall–Kier alpha value is -2.12. The largest absolute Gasteiger partial charge is 0.481 e. The monoisotopic (exact) mass is 219 g/mol. The highest BCUT2D eigenvalue weighted by Crippen LogP contribution is 2.27. The van der Waals surface area contributed by atoms with Crippen LogP contribution in [0.5, 0.6) is 0 Å². The molecule has 0 radical (unpaired) electrons. The molecule has 0 atom stereocenters. The van der Waals surface area contributed by atoms with Crippen LogP contribution in [0.3, 0.4) is 0 Å². The lowest BCUT2D eigenvalue weighted by Crippen LogP contribution is -2.47. The zero-order valence-corrected chi connectivity index (χ0v) is 7.47. The van der Waals surface area contributed by atoms with Crippen LogP contribution < -0.4 is 5.73 Å². The van der Waals surface area contributed by atoms with Gasteiger partial charge in [-0.1, -0.05) is 0 Å². The zero-order chi connectivity index (χ0) is 12.2. The molecule has 5 N–H and O–H groups in total. The summed E-state index contributed by atoms with van der Waals surface area (Å²) in [5.41, 5.74) is 2.12. The summed E-state index contributed by atoms with van der Waals surface area (Å²) in [5.74, 6) is -6.57. The molecule has 0 rings (SSSR count). The minimum absolute atomic E-state index is 1.16. The molecule has 0 aliphatic rings. The van der Waals surface area contributed by atoms with Gasteiger partial charge in [-0.2, -0.15) is 0 Å². The molecule has 0 unspecified atom stereocenters.